The van der Waals surface area contributed by atoms with Crippen molar-refractivity contribution in [2.24, 2.45) is 0 Å². The summed E-state index contributed by atoms with van der Waals surface area (Å²) in [6.45, 7) is 2.77. The minimum absolute atomic E-state index is 0.264. The van der Waals surface area contributed by atoms with E-state index in [9.17, 15) is 26.7 Å². The SMILES string of the molecule is Cc1nn(Cc2c(F)c(F)c(F)c(F)c2F)c(C)c1NC(=O)c1cccc(Cn2cc(Br)cn2)c1. The van der Waals surface area contributed by atoms with Gasteiger partial charge in [-0.05, 0) is 47.5 Å². The van der Waals surface area contributed by atoms with Crippen LogP contribution < -0.4 is 5.32 Å². The molecule has 0 saturated carbocycles. The summed E-state index contributed by atoms with van der Waals surface area (Å²) >= 11 is 3.32. The number of benzene rings is 2. The van der Waals surface area contributed by atoms with Gasteiger partial charge < -0.3 is 5.32 Å². The number of carbonyl (C=O) groups excluding carboxylic acids is 1. The average molecular weight is 554 g/mol. The molecule has 35 heavy (non-hydrogen) atoms. The topological polar surface area (TPSA) is 64.7 Å². The van der Waals surface area contributed by atoms with E-state index in [0.717, 1.165) is 14.7 Å². The Kier molecular flexibility index (Phi) is 6.75. The fourth-order valence-electron chi connectivity index (χ4n) is 3.58. The third-order valence-corrected chi connectivity index (χ3v) is 5.77. The fraction of sp³-hybridized carbons (Fsp3) is 0.174. The van der Waals surface area contributed by atoms with Crippen LogP contribution in [0.15, 0.2) is 41.1 Å². The van der Waals surface area contributed by atoms with Crippen LogP contribution in [0.5, 0.6) is 0 Å². The monoisotopic (exact) mass is 553 g/mol. The van der Waals surface area contributed by atoms with Crippen LogP contribution in [-0.2, 0) is 13.1 Å². The lowest BCUT2D eigenvalue weighted by atomic mass is 10.1. The number of aromatic nitrogens is 4. The Morgan fingerprint density at radius 3 is 2.29 bits per heavy atom. The minimum Gasteiger partial charge on any atom is -0.319 e. The first-order chi connectivity index (χ1) is 16.6. The van der Waals surface area contributed by atoms with Gasteiger partial charge in [0.05, 0.1) is 46.4 Å². The maximum absolute atomic E-state index is 14.1. The summed E-state index contributed by atoms with van der Waals surface area (Å²) in [7, 11) is 0. The summed E-state index contributed by atoms with van der Waals surface area (Å²) in [5.74, 6) is -10.6. The van der Waals surface area contributed by atoms with E-state index in [2.05, 4.69) is 31.4 Å². The molecule has 12 heteroatoms. The second-order valence-electron chi connectivity index (χ2n) is 7.76. The number of amides is 1. The molecule has 6 nitrogen and oxygen atoms in total. The molecule has 0 aliphatic heterocycles. The van der Waals surface area contributed by atoms with Gasteiger partial charge in [-0.1, -0.05) is 12.1 Å². The van der Waals surface area contributed by atoms with Crippen LogP contribution in [0.2, 0.25) is 0 Å². The van der Waals surface area contributed by atoms with E-state index in [1.807, 2.05) is 6.07 Å². The van der Waals surface area contributed by atoms with Crippen LogP contribution in [0, 0.1) is 42.9 Å². The van der Waals surface area contributed by atoms with Crippen LogP contribution in [-0.4, -0.2) is 25.5 Å². The molecule has 2 heterocycles. The van der Waals surface area contributed by atoms with Gasteiger partial charge in [-0.3, -0.25) is 14.2 Å². The zero-order chi connectivity index (χ0) is 25.4. The van der Waals surface area contributed by atoms with Crippen molar-refractivity contribution in [3.63, 3.8) is 0 Å². The van der Waals surface area contributed by atoms with E-state index < -0.39 is 47.1 Å². The molecular formula is C23H17BrF5N5O. The van der Waals surface area contributed by atoms with Crippen LogP contribution in [0.3, 0.4) is 0 Å². The second-order valence-corrected chi connectivity index (χ2v) is 8.68. The standard InChI is InChI=1S/C23H17BrF5N5O/c1-11-22(12(2)34(32-11)10-16-17(25)19(27)21(29)20(28)18(16)26)31-23(35)14-5-3-4-13(6-14)8-33-9-15(24)7-30-33/h3-7,9H,8,10H2,1-2H3,(H,31,35). The first-order valence-electron chi connectivity index (χ1n) is 10.2. The third kappa shape index (κ3) is 4.83. The van der Waals surface area contributed by atoms with E-state index in [1.165, 1.54) is 6.92 Å². The molecule has 0 saturated heterocycles. The van der Waals surface area contributed by atoms with Crippen molar-refractivity contribution in [3.05, 3.63) is 98.3 Å². The molecule has 1 amide bonds. The molecule has 0 aliphatic rings. The first-order valence-corrected chi connectivity index (χ1v) is 11.0. The number of halogens is 6. The highest BCUT2D eigenvalue weighted by Gasteiger charge is 2.27. The molecule has 2 aromatic heterocycles. The van der Waals surface area contributed by atoms with E-state index in [1.54, 1.807) is 42.2 Å². The maximum atomic E-state index is 14.1. The molecule has 0 aliphatic carbocycles. The summed E-state index contributed by atoms with van der Waals surface area (Å²) in [6.07, 6.45) is 3.44. The van der Waals surface area contributed by atoms with Crippen LogP contribution in [0.4, 0.5) is 27.6 Å². The molecule has 0 atom stereocenters. The highest BCUT2D eigenvalue weighted by Crippen LogP contribution is 2.26. The lowest BCUT2D eigenvalue weighted by Crippen LogP contribution is -2.15. The molecule has 0 bridgehead atoms. The molecule has 182 valence electrons. The third-order valence-electron chi connectivity index (χ3n) is 5.36. The van der Waals surface area contributed by atoms with Crippen LogP contribution in [0.1, 0.15) is 32.9 Å². The molecular weight excluding hydrogens is 537 g/mol. The number of carbonyl (C=O) groups is 1. The van der Waals surface area contributed by atoms with Gasteiger partial charge in [0.25, 0.3) is 5.91 Å². The van der Waals surface area contributed by atoms with E-state index in [4.69, 9.17) is 0 Å². The van der Waals surface area contributed by atoms with Crippen molar-refractivity contribution in [1.29, 1.82) is 0 Å². The highest BCUT2D eigenvalue weighted by atomic mass is 79.9. The normalized spacial score (nSPS) is 11.2. The molecule has 4 aromatic rings. The average Bonchev–Trinajstić information content (AvgIpc) is 3.36. The number of nitrogens with one attached hydrogen (secondary N) is 1. The molecule has 4 rings (SSSR count). The zero-order valence-electron chi connectivity index (χ0n) is 18.3. The zero-order valence-corrected chi connectivity index (χ0v) is 19.9. The Hall–Kier alpha value is -3.54. The number of anilines is 1. The van der Waals surface area contributed by atoms with Crippen molar-refractivity contribution in [3.8, 4) is 0 Å². The number of nitrogens with zero attached hydrogens (tertiary/aromatic N) is 4. The number of rotatable bonds is 6. The van der Waals surface area contributed by atoms with Gasteiger partial charge in [-0.15, -0.1) is 0 Å². The predicted octanol–water partition coefficient (Wildman–Crippen LogP) is 5.50. The van der Waals surface area contributed by atoms with E-state index in [-0.39, 0.29) is 11.4 Å². The van der Waals surface area contributed by atoms with Gasteiger partial charge in [0.2, 0.25) is 5.82 Å². The molecule has 0 spiro atoms. The van der Waals surface area contributed by atoms with Crippen molar-refractivity contribution in [1.82, 2.24) is 19.6 Å². The summed E-state index contributed by atoms with van der Waals surface area (Å²) in [5.41, 5.74) is 0.987. The van der Waals surface area contributed by atoms with Gasteiger partial charge in [-0.25, -0.2) is 22.0 Å². The second kappa shape index (κ2) is 9.61. The molecule has 1 N–H and O–H groups in total. The van der Waals surface area contributed by atoms with Crippen molar-refractivity contribution >= 4 is 27.5 Å². The molecule has 2 aromatic carbocycles. The quantitative estimate of drug-likeness (QED) is 0.195. The predicted molar refractivity (Wildman–Crippen MR) is 120 cm³/mol. The van der Waals surface area contributed by atoms with Gasteiger partial charge in [-0.2, -0.15) is 10.2 Å². The smallest absolute Gasteiger partial charge is 0.255 e. The fourth-order valence-corrected chi connectivity index (χ4v) is 3.91. The number of hydrogen-bond acceptors (Lipinski definition) is 3. The Bertz CT molecular complexity index is 1420. The van der Waals surface area contributed by atoms with Crippen molar-refractivity contribution in [2.75, 3.05) is 5.32 Å². The van der Waals surface area contributed by atoms with Crippen molar-refractivity contribution in [2.45, 2.75) is 26.9 Å². The van der Waals surface area contributed by atoms with Crippen molar-refractivity contribution < 1.29 is 26.7 Å². The molecule has 0 fully saturated rings. The van der Waals surface area contributed by atoms with Gasteiger partial charge in [0, 0.05) is 11.8 Å². The molecule has 0 unspecified atom stereocenters. The van der Waals surface area contributed by atoms with Gasteiger partial charge in [0.1, 0.15) is 0 Å². The summed E-state index contributed by atoms with van der Waals surface area (Å²) in [5, 5.41) is 11.0. The van der Waals surface area contributed by atoms with E-state index >= 15 is 0 Å². The molecule has 0 radical (unpaired) electrons. The van der Waals surface area contributed by atoms with Crippen LogP contribution in [0.25, 0.3) is 0 Å². The summed E-state index contributed by atoms with van der Waals surface area (Å²) in [4.78, 5) is 12.9. The highest BCUT2D eigenvalue weighted by molar-refractivity contribution is 9.10. The lowest BCUT2D eigenvalue weighted by molar-refractivity contribution is 0.102. The Balaban J connectivity index is 1.57. The summed E-state index contributed by atoms with van der Waals surface area (Å²) < 4.78 is 72.3. The minimum atomic E-state index is -2.23. The Morgan fingerprint density at radius 1 is 1.00 bits per heavy atom. The number of aryl methyl sites for hydroxylation is 1. The first kappa shape index (κ1) is 24.6. The van der Waals surface area contributed by atoms with E-state index in [0.29, 0.717) is 17.8 Å². The van der Waals surface area contributed by atoms with Crippen LogP contribution >= 0.6 is 15.9 Å². The Labute approximate surface area is 204 Å². The Morgan fingerprint density at radius 2 is 1.66 bits per heavy atom. The van der Waals surface area contributed by atoms with Gasteiger partial charge >= 0.3 is 0 Å². The number of hydrogen-bond donors (Lipinski definition) is 1. The largest absolute Gasteiger partial charge is 0.319 e. The lowest BCUT2D eigenvalue weighted by Gasteiger charge is -2.11. The van der Waals surface area contributed by atoms with Gasteiger partial charge in [0.15, 0.2) is 23.3 Å². The maximum Gasteiger partial charge on any atom is 0.255 e. The summed E-state index contributed by atoms with van der Waals surface area (Å²) in [6, 6.07) is 6.86.